The van der Waals surface area contributed by atoms with Crippen LogP contribution in [0.2, 0.25) is 0 Å². The molecule has 0 spiro atoms. The number of thiophene rings is 1. The molecule has 1 aliphatic rings. The van der Waals surface area contributed by atoms with Gasteiger partial charge in [-0.1, -0.05) is 26.8 Å². The Hall–Kier alpha value is -1.39. The summed E-state index contributed by atoms with van der Waals surface area (Å²) >= 11 is 1.75. The average Bonchev–Trinajstić information content (AvgIpc) is 2.87. The van der Waals surface area contributed by atoms with Crippen LogP contribution in [0, 0.1) is 5.82 Å². The second-order valence-corrected chi connectivity index (χ2v) is 7.70. The van der Waals surface area contributed by atoms with Crippen LogP contribution >= 0.6 is 11.3 Å². The molecule has 112 valence electrons. The van der Waals surface area contributed by atoms with E-state index in [2.05, 4.69) is 32.9 Å². The van der Waals surface area contributed by atoms with Crippen molar-refractivity contribution in [3.63, 3.8) is 0 Å². The van der Waals surface area contributed by atoms with Crippen molar-refractivity contribution >= 4 is 11.3 Å². The number of halogens is 1. The van der Waals surface area contributed by atoms with Crippen LogP contribution in [0.15, 0.2) is 30.3 Å². The minimum absolute atomic E-state index is 0.0876. The topological polar surface area (TPSA) is 35.2 Å². The van der Waals surface area contributed by atoms with Gasteiger partial charge in [0.15, 0.2) is 0 Å². The molecule has 21 heavy (non-hydrogen) atoms. The van der Waals surface area contributed by atoms with Crippen LogP contribution in [-0.4, -0.2) is 0 Å². The monoisotopic (exact) mass is 305 g/mol. The van der Waals surface area contributed by atoms with Gasteiger partial charge in [0.1, 0.15) is 17.7 Å². The quantitative estimate of drug-likeness (QED) is 0.828. The van der Waals surface area contributed by atoms with Crippen molar-refractivity contribution in [1.29, 1.82) is 0 Å². The van der Waals surface area contributed by atoms with Gasteiger partial charge in [-0.3, -0.25) is 0 Å². The predicted molar refractivity (Wildman–Crippen MR) is 84.3 cm³/mol. The highest BCUT2D eigenvalue weighted by atomic mass is 32.1. The summed E-state index contributed by atoms with van der Waals surface area (Å²) in [4.78, 5) is 2.48. The highest BCUT2D eigenvalue weighted by Crippen LogP contribution is 2.42. The lowest BCUT2D eigenvalue weighted by atomic mass is 9.94. The minimum Gasteiger partial charge on any atom is -0.484 e. The number of ether oxygens (including phenoxy) is 1. The van der Waals surface area contributed by atoms with Crippen LogP contribution < -0.4 is 10.5 Å². The normalized spacial score (nSPS) is 21.8. The maximum absolute atomic E-state index is 13.4. The van der Waals surface area contributed by atoms with E-state index in [1.54, 1.807) is 17.4 Å². The van der Waals surface area contributed by atoms with Crippen molar-refractivity contribution in [2.75, 3.05) is 0 Å². The predicted octanol–water partition coefficient (Wildman–Crippen LogP) is 4.71. The Morgan fingerprint density at radius 2 is 2.00 bits per heavy atom. The fourth-order valence-electron chi connectivity index (χ4n) is 2.58. The standard InChI is InChI=1S/C17H20FNOS/c1-17(2,3)16-7-6-15(21-16)14-9-12(19)11-5-4-10(18)8-13(11)20-14/h4-8,12,14H,9,19H2,1-3H3/t12-,14?/m1/s1. The Morgan fingerprint density at radius 1 is 1.24 bits per heavy atom. The molecule has 2 aromatic rings. The Labute approximate surface area is 128 Å². The molecule has 2 nitrogen and oxygen atoms in total. The highest BCUT2D eigenvalue weighted by Gasteiger charge is 2.29. The summed E-state index contributed by atoms with van der Waals surface area (Å²) in [7, 11) is 0. The van der Waals surface area contributed by atoms with Crippen molar-refractivity contribution < 1.29 is 9.13 Å². The summed E-state index contributed by atoms with van der Waals surface area (Å²) < 4.78 is 19.4. The van der Waals surface area contributed by atoms with E-state index in [0.717, 1.165) is 16.9 Å². The number of fused-ring (bicyclic) bond motifs is 1. The zero-order chi connectivity index (χ0) is 15.2. The molecule has 0 radical (unpaired) electrons. The summed E-state index contributed by atoms with van der Waals surface area (Å²) in [6.07, 6.45) is 0.637. The molecule has 0 bridgehead atoms. The molecule has 4 heteroatoms. The van der Waals surface area contributed by atoms with Crippen LogP contribution in [0.4, 0.5) is 4.39 Å². The van der Waals surface area contributed by atoms with E-state index in [-0.39, 0.29) is 23.4 Å². The molecular formula is C17H20FNOS. The third-order valence-electron chi connectivity index (χ3n) is 3.80. The van der Waals surface area contributed by atoms with E-state index >= 15 is 0 Å². The molecule has 0 aliphatic carbocycles. The Kier molecular flexibility index (Phi) is 3.54. The first kappa shape index (κ1) is 14.5. The van der Waals surface area contributed by atoms with E-state index in [1.165, 1.54) is 17.0 Å². The first-order valence-corrected chi connectivity index (χ1v) is 7.98. The Morgan fingerprint density at radius 3 is 2.67 bits per heavy atom. The lowest BCUT2D eigenvalue weighted by Gasteiger charge is -2.29. The van der Waals surface area contributed by atoms with E-state index < -0.39 is 0 Å². The van der Waals surface area contributed by atoms with Gasteiger partial charge in [0.2, 0.25) is 0 Å². The SMILES string of the molecule is CC(C)(C)c1ccc(C2C[C@@H](N)c3ccc(F)cc3O2)s1. The first-order chi connectivity index (χ1) is 9.84. The second kappa shape index (κ2) is 5.11. The van der Waals surface area contributed by atoms with Gasteiger partial charge in [-0.2, -0.15) is 0 Å². The van der Waals surface area contributed by atoms with Crippen LogP contribution in [-0.2, 0) is 5.41 Å². The maximum Gasteiger partial charge on any atom is 0.135 e. The van der Waals surface area contributed by atoms with Gasteiger partial charge in [0.25, 0.3) is 0 Å². The second-order valence-electron chi connectivity index (χ2n) is 6.58. The number of nitrogens with two attached hydrogens (primary N) is 1. The molecule has 3 rings (SSSR count). The van der Waals surface area contributed by atoms with Crippen LogP contribution in [0.25, 0.3) is 0 Å². The molecule has 2 N–H and O–H groups in total. The molecule has 0 fully saturated rings. The lowest BCUT2D eigenvalue weighted by Crippen LogP contribution is -2.23. The summed E-state index contributed by atoms with van der Waals surface area (Å²) in [5, 5.41) is 0. The highest BCUT2D eigenvalue weighted by molar-refractivity contribution is 7.12. The Balaban J connectivity index is 1.90. The van der Waals surface area contributed by atoms with Gasteiger partial charge in [0.05, 0.1) is 0 Å². The molecule has 2 atom stereocenters. The number of benzene rings is 1. The fraction of sp³-hybridized carbons (Fsp3) is 0.412. The lowest BCUT2D eigenvalue weighted by molar-refractivity contribution is 0.164. The molecule has 2 heterocycles. The molecule has 1 aromatic heterocycles. The number of hydrogen-bond acceptors (Lipinski definition) is 3. The first-order valence-electron chi connectivity index (χ1n) is 7.16. The van der Waals surface area contributed by atoms with Gasteiger partial charge in [-0.05, 0) is 23.6 Å². The molecule has 0 saturated carbocycles. The van der Waals surface area contributed by atoms with E-state index in [0.29, 0.717) is 5.75 Å². The fourth-order valence-corrected chi connectivity index (χ4v) is 3.69. The van der Waals surface area contributed by atoms with E-state index in [9.17, 15) is 4.39 Å². The van der Waals surface area contributed by atoms with Crippen molar-refractivity contribution in [2.45, 2.75) is 44.8 Å². The number of rotatable bonds is 1. The maximum atomic E-state index is 13.4. The van der Waals surface area contributed by atoms with Gasteiger partial charge >= 0.3 is 0 Å². The zero-order valence-electron chi connectivity index (χ0n) is 12.5. The van der Waals surface area contributed by atoms with Gasteiger partial charge < -0.3 is 10.5 Å². The van der Waals surface area contributed by atoms with Crippen molar-refractivity contribution in [3.05, 3.63) is 51.5 Å². The number of hydrogen-bond donors (Lipinski definition) is 1. The smallest absolute Gasteiger partial charge is 0.135 e. The Bertz CT molecular complexity index is 659. The van der Waals surface area contributed by atoms with Gasteiger partial charge in [0, 0.05) is 33.8 Å². The molecule has 1 aliphatic heterocycles. The molecule has 1 aromatic carbocycles. The van der Waals surface area contributed by atoms with E-state index in [1.807, 2.05) is 0 Å². The van der Waals surface area contributed by atoms with Crippen molar-refractivity contribution in [1.82, 2.24) is 0 Å². The largest absolute Gasteiger partial charge is 0.484 e. The van der Waals surface area contributed by atoms with Crippen LogP contribution in [0.1, 0.15) is 54.7 Å². The zero-order valence-corrected chi connectivity index (χ0v) is 13.3. The third kappa shape index (κ3) is 2.83. The van der Waals surface area contributed by atoms with Crippen LogP contribution in [0.5, 0.6) is 5.75 Å². The summed E-state index contributed by atoms with van der Waals surface area (Å²) in [6, 6.07) is 8.73. The van der Waals surface area contributed by atoms with Gasteiger partial charge in [-0.25, -0.2) is 4.39 Å². The molecule has 0 amide bonds. The minimum atomic E-state index is -0.289. The molecule has 0 saturated heterocycles. The van der Waals surface area contributed by atoms with Crippen molar-refractivity contribution in [2.24, 2.45) is 5.73 Å². The summed E-state index contributed by atoms with van der Waals surface area (Å²) in [5.74, 6) is 0.285. The van der Waals surface area contributed by atoms with Crippen molar-refractivity contribution in [3.8, 4) is 5.75 Å². The average molecular weight is 305 g/mol. The van der Waals surface area contributed by atoms with E-state index in [4.69, 9.17) is 10.5 Å². The summed E-state index contributed by atoms with van der Waals surface area (Å²) in [6.45, 7) is 6.59. The molecule has 1 unspecified atom stereocenters. The summed E-state index contributed by atoms with van der Waals surface area (Å²) in [5.41, 5.74) is 7.24. The third-order valence-corrected chi connectivity index (χ3v) is 5.40. The van der Waals surface area contributed by atoms with Gasteiger partial charge in [-0.15, -0.1) is 11.3 Å². The molecular weight excluding hydrogens is 285 g/mol. The van der Waals surface area contributed by atoms with Crippen LogP contribution in [0.3, 0.4) is 0 Å².